The van der Waals surface area contributed by atoms with Crippen molar-refractivity contribution >= 4 is 24.6 Å². The van der Waals surface area contributed by atoms with Crippen LogP contribution in [-0.4, -0.2) is 40.4 Å². The Morgan fingerprint density at radius 2 is 2.11 bits per heavy atom. The van der Waals surface area contributed by atoms with Crippen LogP contribution in [0.1, 0.15) is 41.9 Å². The van der Waals surface area contributed by atoms with Crippen molar-refractivity contribution in [3.05, 3.63) is 35.5 Å². The van der Waals surface area contributed by atoms with E-state index in [4.69, 9.17) is 13.6 Å². The summed E-state index contributed by atoms with van der Waals surface area (Å²) in [5.41, 5.74) is 2.74. The third-order valence-electron chi connectivity index (χ3n) is 7.43. The van der Waals surface area contributed by atoms with Crippen LogP contribution in [-0.2, 0) is 24.6 Å². The Morgan fingerprint density at radius 3 is 2.93 bits per heavy atom. The maximum absolute atomic E-state index is 13.4. The van der Waals surface area contributed by atoms with Crippen LogP contribution in [0, 0.1) is 5.41 Å². The summed E-state index contributed by atoms with van der Waals surface area (Å²) in [4.78, 5) is 15.8. The molecule has 4 saturated heterocycles. The largest absolute Gasteiger partial charge is 0.480 e. The van der Waals surface area contributed by atoms with Gasteiger partial charge in [-0.15, -0.1) is 0 Å². The molecule has 1 unspecified atom stereocenters. The van der Waals surface area contributed by atoms with Gasteiger partial charge in [-0.25, -0.2) is 13.6 Å². The van der Waals surface area contributed by atoms with Crippen LogP contribution < -0.4 is 0 Å². The van der Waals surface area contributed by atoms with E-state index < -0.39 is 25.1 Å². The number of hydrogen-bond donors (Lipinski definition) is 0. The maximum Gasteiger partial charge on any atom is 0.480 e. The number of fused-ring (bicyclic) bond motifs is 3. The summed E-state index contributed by atoms with van der Waals surface area (Å²) in [5.74, 6) is -1.01. The molecule has 1 spiro atoms. The number of phosphoric acid groups is 1. The van der Waals surface area contributed by atoms with E-state index in [1.807, 2.05) is 22.8 Å². The molecule has 6 aliphatic heterocycles. The minimum Gasteiger partial charge on any atom is -0.291 e. The van der Waals surface area contributed by atoms with Gasteiger partial charge in [0, 0.05) is 30.6 Å². The number of hydrogen-bond acceptors (Lipinski definition) is 6. The van der Waals surface area contributed by atoms with Gasteiger partial charge in [-0.3, -0.25) is 18.8 Å². The van der Waals surface area contributed by atoms with Crippen LogP contribution in [0.25, 0.3) is 10.9 Å². The lowest BCUT2D eigenvalue weighted by molar-refractivity contribution is -0.302. The Labute approximate surface area is 155 Å². The van der Waals surface area contributed by atoms with Gasteiger partial charge < -0.3 is 0 Å². The van der Waals surface area contributed by atoms with Gasteiger partial charge in [-0.1, -0.05) is 25.1 Å². The van der Waals surface area contributed by atoms with Crippen LogP contribution in [0.5, 0.6) is 0 Å². The number of rotatable bonds is 1. The summed E-state index contributed by atoms with van der Waals surface area (Å²) in [7, 11) is -3.43. The quantitative estimate of drug-likeness (QED) is 0.701. The minimum atomic E-state index is -3.43. The summed E-state index contributed by atoms with van der Waals surface area (Å²) in [6.07, 6.45) is 1.49. The second-order valence-electron chi connectivity index (χ2n) is 8.34. The molecule has 6 aliphatic rings. The number of phosphoric ester groups is 1. The molecule has 0 aliphatic carbocycles. The van der Waals surface area contributed by atoms with E-state index in [0.29, 0.717) is 19.4 Å². The molecule has 8 rings (SSSR count). The SMILES string of the molecule is CC[C@@]12CC(=O)n3c4c(c5ccccc53)CCN(CC3OP5(=O)OC31O5)[C@H]42. The summed E-state index contributed by atoms with van der Waals surface area (Å²) in [6.45, 7) is 3.58. The van der Waals surface area contributed by atoms with Crippen molar-refractivity contribution in [2.45, 2.75) is 44.1 Å². The van der Waals surface area contributed by atoms with Crippen molar-refractivity contribution in [3.8, 4) is 0 Å². The number of piperidine rings is 1. The van der Waals surface area contributed by atoms with Gasteiger partial charge in [0.1, 0.15) is 6.10 Å². The van der Waals surface area contributed by atoms with Crippen LogP contribution in [0.2, 0.25) is 0 Å². The molecule has 27 heavy (non-hydrogen) atoms. The predicted molar refractivity (Wildman–Crippen MR) is 95.3 cm³/mol. The highest BCUT2D eigenvalue weighted by Gasteiger charge is 2.83. The zero-order valence-corrected chi connectivity index (χ0v) is 15.8. The highest BCUT2D eigenvalue weighted by atomic mass is 31.2. The first-order valence-corrected chi connectivity index (χ1v) is 11.1. The number of benzene rings is 1. The van der Waals surface area contributed by atoms with Crippen molar-refractivity contribution in [2.75, 3.05) is 13.1 Å². The number of aromatic nitrogens is 1. The molecule has 1 aromatic carbocycles. The van der Waals surface area contributed by atoms with E-state index >= 15 is 0 Å². The van der Waals surface area contributed by atoms with Crippen LogP contribution in [0.15, 0.2) is 24.3 Å². The van der Waals surface area contributed by atoms with E-state index in [9.17, 15) is 9.36 Å². The monoisotopic (exact) mass is 386 g/mol. The Hall–Kier alpha value is -1.50. The lowest BCUT2D eigenvalue weighted by Crippen LogP contribution is -2.71. The Kier molecular flexibility index (Phi) is 2.51. The molecule has 2 aromatic rings. The van der Waals surface area contributed by atoms with Crippen molar-refractivity contribution < 1.29 is 22.9 Å². The first-order chi connectivity index (χ1) is 13.0. The highest BCUT2D eigenvalue weighted by Crippen LogP contribution is 2.82. The van der Waals surface area contributed by atoms with Crippen molar-refractivity contribution in [2.24, 2.45) is 5.41 Å². The summed E-state index contributed by atoms with van der Waals surface area (Å²) < 4.78 is 31.8. The van der Waals surface area contributed by atoms with E-state index in [0.717, 1.165) is 29.6 Å². The Bertz CT molecular complexity index is 1100. The third-order valence-corrected chi connectivity index (χ3v) is 8.94. The molecular formula is C19H19N2O5P. The normalized spacial score (nSPS) is 44.1. The van der Waals surface area contributed by atoms with E-state index in [1.54, 1.807) is 0 Å². The first-order valence-electron chi connectivity index (χ1n) is 9.61. The molecule has 7 heterocycles. The fourth-order valence-corrected chi connectivity index (χ4v) is 8.31. The van der Waals surface area contributed by atoms with Gasteiger partial charge in [-0.05, 0) is 24.5 Å². The molecule has 8 heteroatoms. The second-order valence-corrected chi connectivity index (χ2v) is 9.81. The number of carbonyl (C=O) groups is 1. The zero-order valence-electron chi connectivity index (χ0n) is 14.9. The average molecular weight is 386 g/mol. The smallest absolute Gasteiger partial charge is 0.291 e. The molecule has 2 bridgehead atoms. The van der Waals surface area contributed by atoms with Crippen molar-refractivity contribution in [3.63, 3.8) is 0 Å². The maximum atomic E-state index is 13.4. The van der Waals surface area contributed by atoms with Gasteiger partial charge in [0.05, 0.1) is 17.0 Å². The molecule has 0 amide bonds. The Balaban J connectivity index is 1.56. The molecule has 140 valence electrons. The molecule has 0 N–H and O–H groups in total. The van der Waals surface area contributed by atoms with Crippen molar-refractivity contribution in [1.82, 2.24) is 9.47 Å². The molecule has 4 fully saturated rings. The molecule has 3 atom stereocenters. The van der Waals surface area contributed by atoms with Gasteiger partial charge in [0.25, 0.3) is 0 Å². The van der Waals surface area contributed by atoms with E-state index in [1.165, 1.54) is 5.56 Å². The minimum absolute atomic E-state index is 0.00282. The molecule has 0 saturated carbocycles. The lowest BCUT2D eigenvalue weighted by Gasteiger charge is -2.62. The van der Waals surface area contributed by atoms with Crippen LogP contribution >= 0.6 is 7.82 Å². The number of para-hydroxylation sites is 1. The number of nitrogens with zero attached hydrogens (tertiary/aromatic N) is 2. The first kappa shape index (κ1) is 15.4. The highest BCUT2D eigenvalue weighted by molar-refractivity contribution is 7.50. The van der Waals surface area contributed by atoms with E-state index in [-0.39, 0.29) is 11.9 Å². The molecule has 0 radical (unpaired) electrons. The zero-order chi connectivity index (χ0) is 18.2. The third kappa shape index (κ3) is 1.45. The number of carbonyl (C=O) groups excluding carboxylic acids is 1. The van der Waals surface area contributed by atoms with Gasteiger partial charge in [0.2, 0.25) is 11.7 Å². The fraction of sp³-hybridized carbons (Fsp3) is 0.526. The summed E-state index contributed by atoms with van der Waals surface area (Å²) in [6, 6.07) is 8.16. The molecule has 1 aromatic heterocycles. The van der Waals surface area contributed by atoms with Gasteiger partial charge in [-0.2, -0.15) is 0 Å². The van der Waals surface area contributed by atoms with Crippen LogP contribution in [0.4, 0.5) is 0 Å². The van der Waals surface area contributed by atoms with E-state index in [2.05, 4.69) is 17.9 Å². The summed E-state index contributed by atoms with van der Waals surface area (Å²) in [5, 5.41) is 1.16. The van der Waals surface area contributed by atoms with Crippen molar-refractivity contribution in [1.29, 1.82) is 0 Å². The van der Waals surface area contributed by atoms with Gasteiger partial charge >= 0.3 is 7.82 Å². The lowest BCUT2D eigenvalue weighted by atomic mass is 9.60. The standard InChI is InChI=1S/C19H19N2O5P/c1-2-18-9-15(22)21-13-6-4-3-5-11(13)12-7-8-20(17(18)16(12)21)10-14-19(18)25-27(23,24-14)26-19/h3-6,14,17H,2,7-10H2,1H3/t14?,17-,18+,19?,27?/m1/s1. The van der Waals surface area contributed by atoms with Crippen LogP contribution in [0.3, 0.4) is 0 Å². The molecule has 7 nitrogen and oxygen atoms in total. The Morgan fingerprint density at radius 1 is 1.30 bits per heavy atom. The predicted octanol–water partition coefficient (Wildman–Crippen LogP) is 3.24. The van der Waals surface area contributed by atoms with Gasteiger partial charge in [0.15, 0.2) is 0 Å². The average Bonchev–Trinajstić information content (AvgIpc) is 3.23. The second kappa shape index (κ2) is 4.39. The fourth-order valence-electron chi connectivity index (χ4n) is 6.43. The molecular weight excluding hydrogens is 367 g/mol. The summed E-state index contributed by atoms with van der Waals surface area (Å²) >= 11 is 0. The topological polar surface area (TPSA) is 70.0 Å².